The Bertz CT molecular complexity index is 803. The van der Waals surface area contributed by atoms with Gasteiger partial charge in [-0.05, 0) is 18.6 Å². The Morgan fingerprint density at radius 2 is 1.15 bits per heavy atom. The zero-order valence-corrected chi connectivity index (χ0v) is 15.8. The molecule has 0 radical (unpaired) electrons. The molecule has 26 heavy (non-hydrogen) atoms. The fraction of sp³-hybridized carbons (Fsp3) is 0.316. The fourth-order valence-corrected chi connectivity index (χ4v) is 2.51. The summed E-state index contributed by atoms with van der Waals surface area (Å²) in [5, 5.41) is 2.87. The quantitative estimate of drug-likeness (QED) is 0.816. The van der Waals surface area contributed by atoms with Gasteiger partial charge in [-0.2, -0.15) is 0 Å². The monoisotopic (exact) mass is 361 g/mol. The first-order valence-corrected chi connectivity index (χ1v) is 7.83. The van der Waals surface area contributed by atoms with E-state index in [-0.39, 0.29) is 5.91 Å². The lowest BCUT2D eigenvalue weighted by atomic mass is 10.1. The van der Waals surface area contributed by atoms with Gasteiger partial charge in [0, 0.05) is 23.9 Å². The van der Waals surface area contributed by atoms with Gasteiger partial charge in [-0.1, -0.05) is 0 Å². The van der Waals surface area contributed by atoms with Crippen LogP contribution in [0.25, 0.3) is 0 Å². The molecule has 2 aromatic rings. The van der Waals surface area contributed by atoms with Crippen molar-refractivity contribution in [2.45, 2.75) is 6.92 Å². The molecule has 140 valence electrons. The first-order valence-electron chi connectivity index (χ1n) is 7.83. The summed E-state index contributed by atoms with van der Waals surface area (Å²) in [6.45, 7) is 1.86. The summed E-state index contributed by atoms with van der Waals surface area (Å²) in [5.74, 6) is 2.04. The lowest BCUT2D eigenvalue weighted by Gasteiger charge is -2.16. The molecule has 2 aromatic carbocycles. The Kier molecular flexibility index (Phi) is 6.16. The Morgan fingerprint density at radius 1 is 0.692 bits per heavy atom. The number of nitrogens with one attached hydrogen (secondary N) is 1. The first-order chi connectivity index (χ1) is 12.5. The molecule has 0 saturated heterocycles. The van der Waals surface area contributed by atoms with Gasteiger partial charge in [-0.3, -0.25) is 4.79 Å². The van der Waals surface area contributed by atoms with Crippen molar-refractivity contribution in [1.82, 2.24) is 0 Å². The first kappa shape index (κ1) is 19.2. The number of rotatable bonds is 7. The molecular weight excluding hydrogens is 338 g/mol. The van der Waals surface area contributed by atoms with Gasteiger partial charge in [0.15, 0.2) is 23.0 Å². The van der Waals surface area contributed by atoms with Crippen LogP contribution < -0.4 is 29.0 Å². The third-order valence-electron chi connectivity index (χ3n) is 3.93. The third-order valence-corrected chi connectivity index (χ3v) is 3.93. The standard InChI is InChI=1S/C19H23NO6/c1-11-7-15(23-3)17(25-5)9-13(11)20-19(21)12-8-16(24-4)18(26-6)10-14(12)22-2/h7-10H,1-6H3,(H,20,21). The van der Waals surface area contributed by atoms with Gasteiger partial charge >= 0.3 is 0 Å². The van der Waals surface area contributed by atoms with Crippen molar-refractivity contribution < 1.29 is 28.5 Å². The highest BCUT2D eigenvalue weighted by Gasteiger charge is 2.19. The van der Waals surface area contributed by atoms with Gasteiger partial charge in [0.1, 0.15) is 5.75 Å². The number of anilines is 1. The molecule has 1 N–H and O–H groups in total. The van der Waals surface area contributed by atoms with Crippen LogP contribution in [0.4, 0.5) is 5.69 Å². The molecule has 0 aliphatic heterocycles. The number of aryl methyl sites for hydroxylation is 1. The van der Waals surface area contributed by atoms with Crippen LogP contribution in [-0.2, 0) is 0 Å². The van der Waals surface area contributed by atoms with Crippen LogP contribution >= 0.6 is 0 Å². The SMILES string of the molecule is COc1cc(C)c(NC(=O)c2cc(OC)c(OC)cc2OC)cc1OC. The molecule has 0 heterocycles. The van der Waals surface area contributed by atoms with Gasteiger partial charge in [0.25, 0.3) is 5.91 Å². The summed E-state index contributed by atoms with van der Waals surface area (Å²) < 4.78 is 26.4. The van der Waals surface area contributed by atoms with Gasteiger partial charge in [0.05, 0.1) is 41.1 Å². The van der Waals surface area contributed by atoms with E-state index in [4.69, 9.17) is 23.7 Å². The highest BCUT2D eigenvalue weighted by atomic mass is 16.5. The van der Waals surface area contributed by atoms with Crippen LogP contribution in [0.5, 0.6) is 28.7 Å². The average molecular weight is 361 g/mol. The summed E-state index contributed by atoms with van der Waals surface area (Å²) in [5.41, 5.74) is 1.75. The minimum atomic E-state index is -0.349. The fourth-order valence-electron chi connectivity index (χ4n) is 2.51. The van der Waals surface area contributed by atoms with E-state index in [0.29, 0.717) is 40.0 Å². The number of carbonyl (C=O) groups excluding carboxylic acids is 1. The van der Waals surface area contributed by atoms with Crippen LogP contribution in [0.1, 0.15) is 15.9 Å². The minimum Gasteiger partial charge on any atom is -0.496 e. The summed E-state index contributed by atoms with van der Waals surface area (Å²) in [7, 11) is 7.61. The van der Waals surface area contributed by atoms with Crippen molar-refractivity contribution in [2.24, 2.45) is 0 Å². The number of ether oxygens (including phenoxy) is 5. The van der Waals surface area contributed by atoms with Gasteiger partial charge in [-0.25, -0.2) is 0 Å². The minimum absolute atomic E-state index is 0.319. The lowest BCUT2D eigenvalue weighted by molar-refractivity contribution is 0.102. The molecule has 0 saturated carbocycles. The van der Waals surface area contributed by atoms with E-state index in [1.165, 1.54) is 28.4 Å². The van der Waals surface area contributed by atoms with Gasteiger partial charge in [0.2, 0.25) is 0 Å². The molecular formula is C19H23NO6. The Balaban J connectivity index is 2.41. The van der Waals surface area contributed by atoms with Crippen molar-refractivity contribution in [3.05, 3.63) is 35.4 Å². The molecule has 0 aliphatic carbocycles. The van der Waals surface area contributed by atoms with E-state index in [1.807, 2.05) is 6.92 Å². The Morgan fingerprint density at radius 3 is 1.69 bits per heavy atom. The maximum Gasteiger partial charge on any atom is 0.259 e. The van der Waals surface area contributed by atoms with E-state index >= 15 is 0 Å². The van der Waals surface area contributed by atoms with E-state index in [0.717, 1.165) is 5.56 Å². The largest absolute Gasteiger partial charge is 0.496 e. The lowest BCUT2D eigenvalue weighted by Crippen LogP contribution is -2.14. The highest BCUT2D eigenvalue weighted by molar-refractivity contribution is 6.07. The summed E-state index contributed by atoms with van der Waals surface area (Å²) in [6, 6.07) is 6.68. The Hall–Kier alpha value is -3.09. The highest BCUT2D eigenvalue weighted by Crippen LogP contribution is 2.36. The maximum atomic E-state index is 12.8. The van der Waals surface area contributed by atoms with Crippen molar-refractivity contribution >= 4 is 11.6 Å². The summed E-state index contributed by atoms with van der Waals surface area (Å²) in [6.07, 6.45) is 0. The predicted octanol–water partition coefficient (Wildman–Crippen LogP) is 3.29. The normalized spacial score (nSPS) is 10.1. The smallest absolute Gasteiger partial charge is 0.259 e. The average Bonchev–Trinajstić information content (AvgIpc) is 2.67. The number of benzene rings is 2. The molecule has 0 spiro atoms. The molecule has 0 atom stereocenters. The zero-order valence-electron chi connectivity index (χ0n) is 15.8. The van der Waals surface area contributed by atoms with Crippen molar-refractivity contribution in [2.75, 3.05) is 40.9 Å². The van der Waals surface area contributed by atoms with Crippen LogP contribution in [0.3, 0.4) is 0 Å². The van der Waals surface area contributed by atoms with Crippen molar-refractivity contribution in [3.63, 3.8) is 0 Å². The topological polar surface area (TPSA) is 75.3 Å². The molecule has 0 aliphatic rings. The second-order valence-electron chi connectivity index (χ2n) is 5.38. The number of methoxy groups -OCH3 is 5. The number of amides is 1. The van der Waals surface area contributed by atoms with Crippen molar-refractivity contribution in [1.29, 1.82) is 0 Å². The second-order valence-corrected chi connectivity index (χ2v) is 5.38. The molecule has 0 bridgehead atoms. The van der Waals surface area contributed by atoms with Crippen LogP contribution in [-0.4, -0.2) is 41.5 Å². The van der Waals surface area contributed by atoms with E-state index in [1.54, 1.807) is 31.4 Å². The summed E-state index contributed by atoms with van der Waals surface area (Å²) >= 11 is 0. The predicted molar refractivity (Wildman–Crippen MR) is 98.3 cm³/mol. The molecule has 0 aromatic heterocycles. The van der Waals surface area contributed by atoms with Crippen LogP contribution in [0, 0.1) is 6.92 Å². The van der Waals surface area contributed by atoms with Gasteiger partial charge in [-0.15, -0.1) is 0 Å². The third kappa shape index (κ3) is 3.77. The van der Waals surface area contributed by atoms with E-state index < -0.39 is 0 Å². The zero-order chi connectivity index (χ0) is 19.3. The summed E-state index contributed by atoms with van der Waals surface area (Å²) in [4.78, 5) is 12.8. The molecule has 7 nitrogen and oxygen atoms in total. The number of hydrogen-bond acceptors (Lipinski definition) is 6. The molecule has 0 fully saturated rings. The second kappa shape index (κ2) is 8.33. The molecule has 2 rings (SSSR count). The van der Waals surface area contributed by atoms with Crippen LogP contribution in [0.15, 0.2) is 24.3 Å². The van der Waals surface area contributed by atoms with Gasteiger partial charge < -0.3 is 29.0 Å². The molecule has 1 amide bonds. The Labute approximate surface area is 152 Å². The maximum absolute atomic E-state index is 12.8. The number of carbonyl (C=O) groups is 1. The number of hydrogen-bond donors (Lipinski definition) is 1. The van der Waals surface area contributed by atoms with E-state index in [2.05, 4.69) is 5.32 Å². The van der Waals surface area contributed by atoms with Crippen molar-refractivity contribution in [3.8, 4) is 28.7 Å². The molecule has 7 heteroatoms. The molecule has 0 unspecified atom stereocenters. The van der Waals surface area contributed by atoms with Crippen LogP contribution in [0.2, 0.25) is 0 Å². The van der Waals surface area contributed by atoms with E-state index in [9.17, 15) is 4.79 Å².